The number of rotatable bonds is 5. The second-order valence-corrected chi connectivity index (χ2v) is 3.62. The molecular weight excluding hydrogens is 236 g/mol. The van der Waals surface area contributed by atoms with Gasteiger partial charge in [-0.05, 0) is 5.56 Å². The SMILES string of the molecule is COC(Cc1ccccc1)(C(=O)O)/C(=N/N)NN. The van der Waals surface area contributed by atoms with E-state index in [0.717, 1.165) is 5.56 Å². The van der Waals surface area contributed by atoms with Gasteiger partial charge >= 0.3 is 5.97 Å². The third kappa shape index (κ3) is 2.58. The minimum atomic E-state index is -1.73. The molecule has 1 unspecified atom stereocenters. The summed E-state index contributed by atoms with van der Waals surface area (Å²) in [5, 5.41) is 12.7. The highest BCUT2D eigenvalue weighted by Crippen LogP contribution is 2.19. The molecule has 18 heavy (non-hydrogen) atoms. The molecule has 6 N–H and O–H groups in total. The number of hydrogen-bond donors (Lipinski definition) is 4. The molecule has 0 saturated carbocycles. The predicted octanol–water partition coefficient (Wildman–Crippen LogP) is -0.566. The molecule has 7 nitrogen and oxygen atoms in total. The van der Waals surface area contributed by atoms with Gasteiger partial charge in [-0.25, -0.2) is 10.6 Å². The molecule has 7 heteroatoms. The molecule has 98 valence electrons. The molecule has 0 saturated heterocycles. The molecule has 0 aliphatic heterocycles. The molecule has 0 aromatic heterocycles. The van der Waals surface area contributed by atoms with E-state index in [1.54, 1.807) is 24.3 Å². The van der Waals surface area contributed by atoms with Crippen LogP contribution in [0.5, 0.6) is 0 Å². The molecule has 0 fully saturated rings. The van der Waals surface area contributed by atoms with Gasteiger partial charge < -0.3 is 21.1 Å². The molecule has 0 aliphatic rings. The standard InChI is InChI=1S/C11H16N4O3/c1-18-11(10(16)17,9(14-12)15-13)7-8-5-3-2-4-6-8/h2-6H,7,12-13H2,1H3,(H,14,15)(H,16,17). The summed E-state index contributed by atoms with van der Waals surface area (Å²) in [5.41, 5.74) is 1.20. The van der Waals surface area contributed by atoms with Gasteiger partial charge in [0, 0.05) is 13.5 Å². The number of carboxylic acid groups (broad SMARTS) is 1. The normalized spacial score (nSPS) is 14.9. The Balaban J connectivity index is 3.17. The van der Waals surface area contributed by atoms with Crippen molar-refractivity contribution in [2.75, 3.05) is 7.11 Å². The van der Waals surface area contributed by atoms with Crippen molar-refractivity contribution in [1.82, 2.24) is 5.43 Å². The van der Waals surface area contributed by atoms with E-state index < -0.39 is 11.6 Å². The van der Waals surface area contributed by atoms with Gasteiger partial charge in [0.05, 0.1) is 0 Å². The van der Waals surface area contributed by atoms with Gasteiger partial charge in [-0.15, -0.1) is 0 Å². The number of carboxylic acids is 1. The first kappa shape index (κ1) is 13.9. The third-order valence-corrected chi connectivity index (χ3v) is 2.64. The van der Waals surface area contributed by atoms with E-state index in [1.807, 2.05) is 6.07 Å². The number of nitrogens with two attached hydrogens (primary N) is 2. The number of nitrogens with one attached hydrogen (secondary N) is 1. The van der Waals surface area contributed by atoms with Crippen LogP contribution < -0.4 is 17.1 Å². The van der Waals surface area contributed by atoms with E-state index in [9.17, 15) is 9.90 Å². The number of hydrazone groups is 1. The lowest BCUT2D eigenvalue weighted by Crippen LogP contribution is -2.58. The first-order chi connectivity index (χ1) is 8.60. The lowest BCUT2D eigenvalue weighted by atomic mass is 9.93. The van der Waals surface area contributed by atoms with Gasteiger partial charge in [-0.1, -0.05) is 30.3 Å². The topological polar surface area (TPSA) is 123 Å². The minimum absolute atomic E-state index is 0.0555. The number of nitrogens with zero attached hydrogens (tertiary/aromatic N) is 1. The minimum Gasteiger partial charge on any atom is -0.479 e. The Kier molecular flexibility index (Phi) is 4.64. The average Bonchev–Trinajstić information content (AvgIpc) is 2.39. The van der Waals surface area contributed by atoms with Crippen LogP contribution >= 0.6 is 0 Å². The average molecular weight is 252 g/mol. The number of benzene rings is 1. The van der Waals surface area contributed by atoms with Crippen LogP contribution in [-0.4, -0.2) is 29.6 Å². The summed E-state index contributed by atoms with van der Waals surface area (Å²) in [5.74, 6) is 8.99. The van der Waals surface area contributed by atoms with Crippen molar-refractivity contribution < 1.29 is 14.6 Å². The van der Waals surface area contributed by atoms with Crippen LogP contribution in [0.1, 0.15) is 5.56 Å². The summed E-state index contributed by atoms with van der Waals surface area (Å²) in [6.45, 7) is 0. The number of carbonyl (C=O) groups is 1. The van der Waals surface area contributed by atoms with E-state index >= 15 is 0 Å². The van der Waals surface area contributed by atoms with Crippen LogP contribution in [0.3, 0.4) is 0 Å². The highest BCUT2D eigenvalue weighted by molar-refractivity contribution is 6.08. The van der Waals surface area contributed by atoms with Crippen molar-refractivity contribution in [1.29, 1.82) is 0 Å². The Bertz CT molecular complexity index is 435. The van der Waals surface area contributed by atoms with Crippen LogP contribution in [-0.2, 0) is 16.0 Å². The molecule has 0 radical (unpaired) electrons. The summed E-state index contributed by atoms with van der Waals surface area (Å²) >= 11 is 0. The van der Waals surface area contributed by atoms with E-state index in [2.05, 4.69) is 10.5 Å². The van der Waals surface area contributed by atoms with Crippen LogP contribution in [0.25, 0.3) is 0 Å². The molecule has 0 amide bonds. The van der Waals surface area contributed by atoms with Gasteiger partial charge in [0.1, 0.15) is 0 Å². The summed E-state index contributed by atoms with van der Waals surface area (Å²) in [4.78, 5) is 11.5. The van der Waals surface area contributed by atoms with E-state index in [1.165, 1.54) is 7.11 Å². The Morgan fingerprint density at radius 1 is 1.50 bits per heavy atom. The van der Waals surface area contributed by atoms with Gasteiger partial charge in [-0.2, -0.15) is 5.10 Å². The summed E-state index contributed by atoms with van der Waals surface area (Å²) < 4.78 is 5.09. The number of aliphatic carboxylic acids is 1. The molecule has 1 rings (SSSR count). The zero-order chi connectivity index (χ0) is 13.6. The number of hydrazine groups is 1. The van der Waals surface area contributed by atoms with Gasteiger partial charge in [0.15, 0.2) is 5.84 Å². The lowest BCUT2D eigenvalue weighted by molar-refractivity contribution is -0.154. The highest BCUT2D eigenvalue weighted by Gasteiger charge is 2.44. The number of hydrogen-bond acceptors (Lipinski definition) is 5. The maximum Gasteiger partial charge on any atom is 0.344 e. The number of amidine groups is 1. The summed E-state index contributed by atoms with van der Waals surface area (Å²) in [6, 6.07) is 8.99. The lowest BCUT2D eigenvalue weighted by Gasteiger charge is -2.28. The molecule has 1 aromatic rings. The maximum atomic E-state index is 11.5. The molecule has 0 aliphatic carbocycles. The smallest absolute Gasteiger partial charge is 0.344 e. The molecule has 1 aromatic carbocycles. The van der Waals surface area contributed by atoms with Gasteiger partial charge in [-0.3, -0.25) is 0 Å². The van der Waals surface area contributed by atoms with Crippen LogP contribution in [0.15, 0.2) is 35.4 Å². The molecular formula is C11H16N4O3. The quantitative estimate of drug-likeness (QED) is 0.241. The number of methoxy groups -OCH3 is 1. The Morgan fingerprint density at radius 2 is 2.11 bits per heavy atom. The first-order valence-electron chi connectivity index (χ1n) is 5.18. The second kappa shape index (κ2) is 5.99. The Morgan fingerprint density at radius 3 is 2.50 bits per heavy atom. The predicted molar refractivity (Wildman–Crippen MR) is 66.5 cm³/mol. The van der Waals surface area contributed by atoms with E-state index in [4.69, 9.17) is 16.4 Å². The van der Waals surface area contributed by atoms with Crippen LogP contribution in [0.4, 0.5) is 0 Å². The summed E-state index contributed by atoms with van der Waals surface area (Å²) in [7, 11) is 1.26. The van der Waals surface area contributed by atoms with Gasteiger partial charge in [0.2, 0.25) is 5.60 Å². The van der Waals surface area contributed by atoms with Crippen molar-refractivity contribution in [2.24, 2.45) is 16.8 Å². The largest absolute Gasteiger partial charge is 0.479 e. The van der Waals surface area contributed by atoms with Gasteiger partial charge in [0.25, 0.3) is 0 Å². The Labute approximate surface area is 104 Å². The molecule has 0 bridgehead atoms. The van der Waals surface area contributed by atoms with E-state index in [0.29, 0.717) is 0 Å². The zero-order valence-electron chi connectivity index (χ0n) is 9.96. The zero-order valence-corrected chi connectivity index (χ0v) is 9.96. The number of ether oxygens (including phenoxy) is 1. The Hall–Kier alpha value is -2.12. The fourth-order valence-electron chi connectivity index (χ4n) is 1.66. The monoisotopic (exact) mass is 252 g/mol. The molecule has 0 heterocycles. The third-order valence-electron chi connectivity index (χ3n) is 2.64. The van der Waals surface area contributed by atoms with Crippen LogP contribution in [0.2, 0.25) is 0 Å². The van der Waals surface area contributed by atoms with Crippen molar-refractivity contribution in [3.05, 3.63) is 35.9 Å². The fraction of sp³-hybridized carbons (Fsp3) is 0.273. The maximum absolute atomic E-state index is 11.5. The fourth-order valence-corrected chi connectivity index (χ4v) is 1.66. The second-order valence-electron chi connectivity index (χ2n) is 3.62. The van der Waals surface area contributed by atoms with Crippen molar-refractivity contribution >= 4 is 11.8 Å². The molecule has 0 spiro atoms. The summed E-state index contributed by atoms with van der Waals surface area (Å²) in [6.07, 6.45) is 0.0555. The van der Waals surface area contributed by atoms with Crippen molar-refractivity contribution in [3.63, 3.8) is 0 Å². The first-order valence-corrected chi connectivity index (χ1v) is 5.18. The van der Waals surface area contributed by atoms with Crippen molar-refractivity contribution in [3.8, 4) is 0 Å². The molecule has 1 atom stereocenters. The van der Waals surface area contributed by atoms with Crippen LogP contribution in [0, 0.1) is 0 Å². The van der Waals surface area contributed by atoms with Crippen molar-refractivity contribution in [2.45, 2.75) is 12.0 Å². The highest BCUT2D eigenvalue weighted by atomic mass is 16.5. The van der Waals surface area contributed by atoms with E-state index in [-0.39, 0.29) is 12.3 Å².